The molecule has 1 amide bonds. The number of nitrogens with zero attached hydrogens (tertiary/aromatic N) is 3. The standard InChI is InChI=1S/C15H24N4O/c16-19-18-3-1-2-17-14(20)10-15-7-11-4-12(8-15)6-13(5-11)9-15/h11-13H,1-10H2,(H,17,20). The van der Waals surface area contributed by atoms with E-state index in [0.29, 0.717) is 18.5 Å². The van der Waals surface area contributed by atoms with Gasteiger partial charge in [-0.1, -0.05) is 5.11 Å². The van der Waals surface area contributed by atoms with Gasteiger partial charge in [-0.05, 0) is 73.6 Å². The van der Waals surface area contributed by atoms with Crippen molar-refractivity contribution in [3.63, 3.8) is 0 Å². The molecule has 0 heterocycles. The van der Waals surface area contributed by atoms with E-state index in [4.69, 9.17) is 5.53 Å². The van der Waals surface area contributed by atoms with Gasteiger partial charge in [0.2, 0.25) is 5.91 Å². The van der Waals surface area contributed by atoms with Crippen LogP contribution >= 0.6 is 0 Å². The highest BCUT2D eigenvalue weighted by Gasteiger charge is 2.51. The average molecular weight is 276 g/mol. The lowest BCUT2D eigenvalue weighted by atomic mass is 9.49. The molecule has 0 radical (unpaired) electrons. The minimum Gasteiger partial charge on any atom is -0.356 e. The van der Waals surface area contributed by atoms with Crippen LogP contribution in [0.4, 0.5) is 0 Å². The molecule has 0 aromatic carbocycles. The number of hydrogen-bond donors (Lipinski definition) is 1. The first-order valence-electron chi connectivity index (χ1n) is 7.97. The molecule has 0 aromatic heterocycles. The number of amides is 1. The van der Waals surface area contributed by atoms with Crippen LogP contribution in [0.3, 0.4) is 0 Å². The van der Waals surface area contributed by atoms with Crippen molar-refractivity contribution in [2.45, 2.75) is 51.4 Å². The maximum atomic E-state index is 12.1. The van der Waals surface area contributed by atoms with Crippen molar-refractivity contribution >= 4 is 5.91 Å². The third-order valence-electron chi connectivity index (χ3n) is 5.52. The fourth-order valence-corrected chi connectivity index (χ4v) is 5.33. The van der Waals surface area contributed by atoms with Crippen LogP contribution in [0.15, 0.2) is 5.11 Å². The predicted molar refractivity (Wildman–Crippen MR) is 76.9 cm³/mol. The summed E-state index contributed by atoms with van der Waals surface area (Å²) in [5.74, 6) is 2.91. The lowest BCUT2D eigenvalue weighted by molar-refractivity contribution is -0.129. The predicted octanol–water partition coefficient (Wildman–Crippen LogP) is 3.41. The van der Waals surface area contributed by atoms with Gasteiger partial charge in [0, 0.05) is 24.4 Å². The Kier molecular flexibility index (Phi) is 3.88. The molecule has 20 heavy (non-hydrogen) atoms. The Hall–Kier alpha value is -1.22. The molecule has 0 unspecified atom stereocenters. The number of azide groups is 1. The number of carbonyl (C=O) groups is 1. The second-order valence-corrected chi connectivity index (χ2v) is 7.25. The third kappa shape index (κ3) is 2.93. The quantitative estimate of drug-likeness (QED) is 0.343. The highest BCUT2D eigenvalue weighted by Crippen LogP contribution is 2.61. The van der Waals surface area contributed by atoms with Crippen molar-refractivity contribution in [3.05, 3.63) is 10.4 Å². The molecule has 4 fully saturated rings. The Bertz CT molecular complexity index is 392. The monoisotopic (exact) mass is 276 g/mol. The van der Waals surface area contributed by atoms with E-state index in [1.807, 2.05) is 0 Å². The van der Waals surface area contributed by atoms with Crippen LogP contribution in [0, 0.1) is 23.2 Å². The van der Waals surface area contributed by atoms with Gasteiger partial charge in [-0.3, -0.25) is 4.79 Å². The molecule has 4 aliphatic carbocycles. The maximum Gasteiger partial charge on any atom is 0.220 e. The average Bonchev–Trinajstić information content (AvgIpc) is 2.36. The molecule has 4 rings (SSSR count). The first-order valence-corrected chi connectivity index (χ1v) is 7.97. The molecule has 0 atom stereocenters. The first kappa shape index (κ1) is 13.7. The first-order chi connectivity index (χ1) is 9.69. The molecule has 5 heteroatoms. The SMILES string of the molecule is [N-]=[N+]=NCCCNC(=O)CC12CC3CC(CC(C3)C1)C2. The summed E-state index contributed by atoms with van der Waals surface area (Å²) >= 11 is 0. The summed E-state index contributed by atoms with van der Waals surface area (Å²) in [4.78, 5) is 14.9. The van der Waals surface area contributed by atoms with E-state index < -0.39 is 0 Å². The van der Waals surface area contributed by atoms with Crippen LogP contribution in [0.5, 0.6) is 0 Å². The summed E-state index contributed by atoms with van der Waals surface area (Å²) in [5, 5.41) is 6.47. The van der Waals surface area contributed by atoms with Gasteiger partial charge >= 0.3 is 0 Å². The van der Waals surface area contributed by atoms with Crippen molar-refractivity contribution < 1.29 is 4.79 Å². The smallest absolute Gasteiger partial charge is 0.220 e. The summed E-state index contributed by atoms with van der Waals surface area (Å²) in [6, 6.07) is 0. The Balaban J connectivity index is 1.47. The van der Waals surface area contributed by atoms with Crippen molar-refractivity contribution in [1.29, 1.82) is 0 Å². The Labute approximate surface area is 120 Å². The van der Waals surface area contributed by atoms with Crippen molar-refractivity contribution in [2.75, 3.05) is 13.1 Å². The molecule has 4 saturated carbocycles. The molecule has 0 aromatic rings. The zero-order valence-corrected chi connectivity index (χ0v) is 12.1. The van der Waals surface area contributed by atoms with E-state index in [-0.39, 0.29) is 5.91 Å². The topological polar surface area (TPSA) is 77.9 Å². The summed E-state index contributed by atoms with van der Waals surface area (Å²) < 4.78 is 0. The van der Waals surface area contributed by atoms with E-state index in [1.54, 1.807) is 0 Å². The number of carbonyl (C=O) groups excluding carboxylic acids is 1. The summed E-state index contributed by atoms with van der Waals surface area (Å²) in [6.45, 7) is 1.10. The maximum absolute atomic E-state index is 12.1. The van der Waals surface area contributed by atoms with Gasteiger partial charge in [-0.15, -0.1) is 0 Å². The second kappa shape index (κ2) is 5.65. The van der Waals surface area contributed by atoms with Crippen molar-refractivity contribution in [2.24, 2.45) is 28.3 Å². The van der Waals surface area contributed by atoms with Crippen LogP contribution in [0.1, 0.15) is 51.4 Å². The highest BCUT2D eigenvalue weighted by molar-refractivity contribution is 5.76. The minimum atomic E-state index is 0.202. The molecule has 1 N–H and O–H groups in total. The Morgan fingerprint density at radius 3 is 2.35 bits per heavy atom. The molecule has 0 aliphatic heterocycles. The molecule has 0 spiro atoms. The van der Waals surface area contributed by atoms with E-state index in [2.05, 4.69) is 15.3 Å². The summed E-state index contributed by atoms with van der Waals surface area (Å²) in [7, 11) is 0. The van der Waals surface area contributed by atoms with Crippen LogP contribution in [0.25, 0.3) is 10.4 Å². The van der Waals surface area contributed by atoms with Gasteiger partial charge in [-0.25, -0.2) is 0 Å². The summed E-state index contributed by atoms with van der Waals surface area (Å²) in [6.07, 6.45) is 9.57. The van der Waals surface area contributed by atoms with E-state index in [1.165, 1.54) is 38.5 Å². The Morgan fingerprint density at radius 1 is 1.20 bits per heavy atom. The largest absolute Gasteiger partial charge is 0.356 e. The fraction of sp³-hybridized carbons (Fsp3) is 0.933. The number of hydrogen-bond acceptors (Lipinski definition) is 2. The molecule has 0 saturated heterocycles. The van der Waals surface area contributed by atoms with Gasteiger partial charge in [0.1, 0.15) is 0 Å². The number of rotatable bonds is 6. The number of nitrogens with one attached hydrogen (secondary N) is 1. The second-order valence-electron chi connectivity index (χ2n) is 7.25. The molecule has 4 aliphatic rings. The zero-order chi connectivity index (χ0) is 14.0. The van der Waals surface area contributed by atoms with Gasteiger partial charge < -0.3 is 5.32 Å². The third-order valence-corrected chi connectivity index (χ3v) is 5.52. The summed E-state index contributed by atoms with van der Waals surface area (Å²) in [5.41, 5.74) is 8.51. The van der Waals surface area contributed by atoms with E-state index in [0.717, 1.165) is 30.6 Å². The van der Waals surface area contributed by atoms with Gasteiger partial charge in [0.15, 0.2) is 0 Å². The molecular weight excluding hydrogens is 252 g/mol. The zero-order valence-electron chi connectivity index (χ0n) is 12.1. The minimum absolute atomic E-state index is 0.202. The van der Waals surface area contributed by atoms with Crippen molar-refractivity contribution in [1.82, 2.24) is 5.32 Å². The van der Waals surface area contributed by atoms with E-state index in [9.17, 15) is 4.79 Å². The van der Waals surface area contributed by atoms with Crippen LogP contribution in [-0.2, 0) is 4.79 Å². The lowest BCUT2D eigenvalue weighted by Crippen LogP contribution is -2.48. The van der Waals surface area contributed by atoms with Gasteiger partial charge in [-0.2, -0.15) is 0 Å². The highest BCUT2D eigenvalue weighted by atomic mass is 16.1. The normalized spacial score (nSPS) is 37.5. The van der Waals surface area contributed by atoms with Crippen LogP contribution in [0.2, 0.25) is 0 Å². The van der Waals surface area contributed by atoms with Crippen molar-refractivity contribution in [3.8, 4) is 0 Å². The Morgan fingerprint density at radius 2 is 1.80 bits per heavy atom. The molecular formula is C15H24N4O. The van der Waals surface area contributed by atoms with Gasteiger partial charge in [0.25, 0.3) is 0 Å². The molecule has 4 bridgehead atoms. The van der Waals surface area contributed by atoms with E-state index >= 15 is 0 Å². The van der Waals surface area contributed by atoms with Crippen LogP contribution < -0.4 is 5.32 Å². The van der Waals surface area contributed by atoms with Crippen LogP contribution in [-0.4, -0.2) is 19.0 Å². The van der Waals surface area contributed by atoms with Gasteiger partial charge in [0.05, 0.1) is 0 Å². The molecule has 5 nitrogen and oxygen atoms in total. The molecule has 110 valence electrons. The fourth-order valence-electron chi connectivity index (χ4n) is 5.33. The lowest BCUT2D eigenvalue weighted by Gasteiger charge is -2.56.